The number of amides is 1. The fraction of sp³-hybridized carbons (Fsp3) is 0.310. The van der Waals surface area contributed by atoms with E-state index in [-0.39, 0.29) is 31.3 Å². The standard InChI is InChI=1S/C29H28F3N5O2S/c1-17-6-7-18(12-25(17)40-2)28(38)35-16-20-13-24-19(15-34-20)8-9-23(36-24)22-4-3-5-27(37-22)39-21-10-11-33-26(14-21)29(30,31)32/h3-9,12-13,15,21,26,33H,10-11,14,16H2,1-2H3,(H,35,38). The molecule has 1 aromatic carbocycles. The summed E-state index contributed by atoms with van der Waals surface area (Å²) in [5, 5.41) is 6.23. The van der Waals surface area contributed by atoms with Gasteiger partial charge in [0.05, 0.1) is 29.1 Å². The second-order valence-corrected chi connectivity index (χ2v) is 10.5. The Morgan fingerprint density at radius 1 is 1.12 bits per heavy atom. The molecule has 1 amide bonds. The summed E-state index contributed by atoms with van der Waals surface area (Å²) in [5.74, 6) is 0.0707. The van der Waals surface area contributed by atoms with Gasteiger partial charge in [0.2, 0.25) is 5.88 Å². The molecule has 1 saturated heterocycles. The highest BCUT2D eigenvalue weighted by Gasteiger charge is 2.43. The Bertz CT molecular complexity index is 1530. The summed E-state index contributed by atoms with van der Waals surface area (Å²) in [6, 6.07) is 14.7. The monoisotopic (exact) mass is 567 g/mol. The van der Waals surface area contributed by atoms with E-state index < -0.39 is 18.3 Å². The molecule has 4 heterocycles. The lowest BCUT2D eigenvalue weighted by molar-refractivity contribution is -0.166. The Kier molecular flexibility index (Phi) is 8.22. The van der Waals surface area contributed by atoms with E-state index in [1.165, 1.54) is 0 Å². The third kappa shape index (κ3) is 6.53. The van der Waals surface area contributed by atoms with Gasteiger partial charge in [-0.3, -0.25) is 9.78 Å². The van der Waals surface area contributed by atoms with Crippen LogP contribution in [0.5, 0.6) is 5.88 Å². The van der Waals surface area contributed by atoms with Crippen LogP contribution in [0, 0.1) is 6.92 Å². The molecule has 7 nitrogen and oxygen atoms in total. The van der Waals surface area contributed by atoms with Crippen molar-refractivity contribution in [3.05, 3.63) is 77.6 Å². The maximum atomic E-state index is 13.1. The van der Waals surface area contributed by atoms with E-state index in [1.54, 1.807) is 42.2 Å². The van der Waals surface area contributed by atoms with E-state index in [0.29, 0.717) is 34.6 Å². The van der Waals surface area contributed by atoms with Gasteiger partial charge >= 0.3 is 6.18 Å². The molecule has 2 atom stereocenters. The molecule has 40 heavy (non-hydrogen) atoms. The zero-order valence-electron chi connectivity index (χ0n) is 22.0. The highest BCUT2D eigenvalue weighted by molar-refractivity contribution is 7.98. The van der Waals surface area contributed by atoms with Gasteiger partial charge < -0.3 is 15.4 Å². The van der Waals surface area contributed by atoms with Gasteiger partial charge in [0.15, 0.2) is 0 Å². The Morgan fingerprint density at radius 2 is 1.95 bits per heavy atom. The number of carbonyl (C=O) groups excluding carboxylic acids is 1. The number of hydrogen-bond acceptors (Lipinski definition) is 7. The number of rotatable bonds is 7. The van der Waals surface area contributed by atoms with Crippen molar-refractivity contribution >= 4 is 28.6 Å². The average molecular weight is 568 g/mol. The molecule has 1 aliphatic heterocycles. The molecule has 1 aliphatic rings. The van der Waals surface area contributed by atoms with Crippen molar-refractivity contribution in [3.63, 3.8) is 0 Å². The van der Waals surface area contributed by atoms with Crippen LogP contribution in [0.1, 0.15) is 34.5 Å². The fourth-order valence-electron chi connectivity index (χ4n) is 4.56. The van der Waals surface area contributed by atoms with Gasteiger partial charge in [-0.05, 0) is 68.1 Å². The summed E-state index contributed by atoms with van der Waals surface area (Å²) in [4.78, 5) is 27.4. The Labute approximate surface area is 234 Å². The molecule has 11 heteroatoms. The Morgan fingerprint density at radius 3 is 2.75 bits per heavy atom. The largest absolute Gasteiger partial charge is 0.474 e. The molecular formula is C29H28F3N5O2S. The molecule has 0 radical (unpaired) electrons. The minimum absolute atomic E-state index is 0.168. The van der Waals surface area contributed by atoms with Crippen molar-refractivity contribution in [1.29, 1.82) is 0 Å². The minimum Gasteiger partial charge on any atom is -0.474 e. The predicted molar refractivity (Wildman–Crippen MR) is 148 cm³/mol. The van der Waals surface area contributed by atoms with Crippen LogP contribution in [0.25, 0.3) is 22.3 Å². The van der Waals surface area contributed by atoms with Crippen LogP contribution in [0.15, 0.2) is 65.7 Å². The predicted octanol–water partition coefficient (Wildman–Crippen LogP) is 5.71. The summed E-state index contributed by atoms with van der Waals surface area (Å²) in [6.45, 7) is 2.47. The van der Waals surface area contributed by atoms with Crippen molar-refractivity contribution in [1.82, 2.24) is 25.6 Å². The Balaban J connectivity index is 1.29. The molecule has 0 bridgehead atoms. The van der Waals surface area contributed by atoms with Crippen LogP contribution in [0.2, 0.25) is 0 Å². The first-order valence-corrected chi connectivity index (χ1v) is 14.0. The first kappa shape index (κ1) is 27.9. The van der Waals surface area contributed by atoms with Crippen LogP contribution >= 0.6 is 11.8 Å². The Hall–Kier alpha value is -3.70. The molecule has 5 rings (SSSR count). The number of nitrogens with one attached hydrogen (secondary N) is 2. The molecule has 3 aromatic heterocycles. The number of ether oxygens (including phenoxy) is 1. The maximum absolute atomic E-state index is 13.1. The van der Waals surface area contributed by atoms with E-state index in [4.69, 9.17) is 9.72 Å². The average Bonchev–Trinajstić information content (AvgIpc) is 2.95. The van der Waals surface area contributed by atoms with E-state index in [0.717, 1.165) is 15.8 Å². The SMILES string of the molecule is CSc1cc(C(=O)NCc2cc3nc(-c4cccc(OC5CCNC(C(F)(F)F)C5)n4)ccc3cn2)ccc1C. The van der Waals surface area contributed by atoms with Crippen molar-refractivity contribution in [2.75, 3.05) is 12.8 Å². The van der Waals surface area contributed by atoms with Crippen LogP contribution in [0.4, 0.5) is 13.2 Å². The smallest absolute Gasteiger partial charge is 0.403 e. The number of piperidine rings is 1. The molecule has 0 saturated carbocycles. The van der Waals surface area contributed by atoms with E-state index >= 15 is 0 Å². The van der Waals surface area contributed by atoms with Gasteiger partial charge in [0.1, 0.15) is 12.1 Å². The maximum Gasteiger partial charge on any atom is 0.403 e. The normalized spacial score (nSPS) is 17.5. The van der Waals surface area contributed by atoms with E-state index in [9.17, 15) is 18.0 Å². The molecular weight excluding hydrogens is 539 g/mol. The number of benzene rings is 1. The summed E-state index contributed by atoms with van der Waals surface area (Å²) in [7, 11) is 0. The molecule has 208 valence electrons. The van der Waals surface area contributed by atoms with Crippen molar-refractivity contribution in [2.45, 2.75) is 49.5 Å². The molecule has 0 aliphatic carbocycles. The number of aryl methyl sites for hydroxylation is 1. The van der Waals surface area contributed by atoms with Gasteiger partial charge in [0, 0.05) is 34.5 Å². The number of nitrogens with zero attached hydrogens (tertiary/aromatic N) is 3. The summed E-state index contributed by atoms with van der Waals surface area (Å²) in [5.41, 5.74) is 4.16. The minimum atomic E-state index is -4.32. The zero-order valence-corrected chi connectivity index (χ0v) is 22.8. The molecule has 1 fully saturated rings. The second kappa shape index (κ2) is 11.8. The summed E-state index contributed by atoms with van der Waals surface area (Å²) >= 11 is 1.60. The van der Waals surface area contributed by atoms with E-state index in [2.05, 4.69) is 20.6 Å². The number of alkyl halides is 3. The summed E-state index contributed by atoms with van der Waals surface area (Å²) in [6.07, 6.45) is -0.936. The number of halogens is 3. The highest BCUT2D eigenvalue weighted by Crippen LogP contribution is 2.29. The molecule has 2 N–H and O–H groups in total. The third-order valence-corrected chi connectivity index (χ3v) is 7.63. The number of carbonyl (C=O) groups is 1. The third-order valence-electron chi connectivity index (χ3n) is 6.75. The lowest BCUT2D eigenvalue weighted by Gasteiger charge is -2.31. The fourth-order valence-corrected chi connectivity index (χ4v) is 5.20. The van der Waals surface area contributed by atoms with Crippen molar-refractivity contribution < 1.29 is 22.7 Å². The number of thioether (sulfide) groups is 1. The summed E-state index contributed by atoms with van der Waals surface area (Å²) < 4.78 is 45.2. The van der Waals surface area contributed by atoms with Gasteiger partial charge in [-0.15, -0.1) is 11.8 Å². The van der Waals surface area contributed by atoms with Crippen molar-refractivity contribution in [3.8, 4) is 17.3 Å². The molecule has 2 unspecified atom stereocenters. The quantitative estimate of drug-likeness (QED) is 0.277. The number of aromatic nitrogens is 3. The van der Waals surface area contributed by atoms with Crippen LogP contribution in [-0.2, 0) is 6.54 Å². The van der Waals surface area contributed by atoms with Crippen molar-refractivity contribution in [2.24, 2.45) is 0 Å². The number of fused-ring (bicyclic) bond motifs is 1. The van der Waals surface area contributed by atoms with Gasteiger partial charge in [-0.2, -0.15) is 13.2 Å². The van der Waals surface area contributed by atoms with E-state index in [1.807, 2.05) is 43.5 Å². The highest BCUT2D eigenvalue weighted by atomic mass is 32.2. The number of hydrogen-bond donors (Lipinski definition) is 2. The van der Waals surface area contributed by atoms with Crippen LogP contribution in [-0.4, -0.2) is 52.0 Å². The van der Waals surface area contributed by atoms with Crippen LogP contribution in [0.3, 0.4) is 0 Å². The van der Waals surface area contributed by atoms with Crippen LogP contribution < -0.4 is 15.4 Å². The lowest BCUT2D eigenvalue weighted by atomic mass is 10.0. The number of pyridine rings is 3. The molecule has 4 aromatic rings. The first-order valence-electron chi connectivity index (χ1n) is 12.8. The second-order valence-electron chi connectivity index (χ2n) is 9.61. The first-order chi connectivity index (χ1) is 19.2. The molecule has 0 spiro atoms. The lowest BCUT2D eigenvalue weighted by Crippen LogP contribution is -2.50. The van der Waals surface area contributed by atoms with Gasteiger partial charge in [-0.1, -0.05) is 12.1 Å². The zero-order chi connectivity index (χ0) is 28.3. The van der Waals surface area contributed by atoms with Gasteiger partial charge in [-0.25, -0.2) is 9.97 Å². The topological polar surface area (TPSA) is 89.0 Å². The van der Waals surface area contributed by atoms with Gasteiger partial charge in [0.25, 0.3) is 5.91 Å².